The summed E-state index contributed by atoms with van der Waals surface area (Å²) in [7, 11) is 0. The van der Waals surface area contributed by atoms with E-state index in [-0.39, 0.29) is 0 Å². The van der Waals surface area contributed by atoms with Crippen molar-refractivity contribution in [2.24, 2.45) is 10.8 Å². The molecule has 2 aliphatic rings. The maximum absolute atomic E-state index is 6.48. The van der Waals surface area contributed by atoms with E-state index in [1.165, 1.54) is 12.8 Å². The van der Waals surface area contributed by atoms with Crippen LogP contribution in [0.1, 0.15) is 40.0 Å². The van der Waals surface area contributed by atoms with E-state index in [0.717, 1.165) is 24.5 Å². The highest BCUT2D eigenvalue weighted by Crippen LogP contribution is 2.54. The first-order chi connectivity index (χ1) is 12.7. The number of hydrogen-bond acceptors (Lipinski definition) is 5. The van der Waals surface area contributed by atoms with Crippen LogP contribution in [0.2, 0.25) is 10.0 Å². The van der Waals surface area contributed by atoms with Crippen LogP contribution in [0.15, 0.2) is 24.5 Å². The SMILES string of the molecule is CC1(C)CC2CC(C)(CN2c2ncnc(Nc3ccc(Cl)c(Cl)c3)c2N)C1. The number of nitrogens with one attached hydrogen (secondary N) is 1. The fraction of sp³-hybridized carbons (Fsp3) is 0.500. The Morgan fingerprint density at radius 1 is 1.15 bits per heavy atom. The van der Waals surface area contributed by atoms with Crippen molar-refractivity contribution >= 4 is 46.2 Å². The van der Waals surface area contributed by atoms with Crippen LogP contribution in [-0.4, -0.2) is 22.6 Å². The summed E-state index contributed by atoms with van der Waals surface area (Å²) in [5, 5.41) is 4.24. The first-order valence-electron chi connectivity index (χ1n) is 9.25. The Bertz CT molecular complexity index is 885. The average molecular weight is 406 g/mol. The number of rotatable bonds is 3. The zero-order valence-corrected chi connectivity index (χ0v) is 17.4. The lowest BCUT2D eigenvalue weighted by atomic mass is 9.65. The summed E-state index contributed by atoms with van der Waals surface area (Å²) >= 11 is 12.1. The van der Waals surface area contributed by atoms with E-state index in [0.29, 0.717) is 38.4 Å². The van der Waals surface area contributed by atoms with Crippen LogP contribution in [0.3, 0.4) is 0 Å². The number of anilines is 4. The van der Waals surface area contributed by atoms with E-state index < -0.39 is 0 Å². The summed E-state index contributed by atoms with van der Waals surface area (Å²) in [5.41, 5.74) is 8.49. The summed E-state index contributed by atoms with van der Waals surface area (Å²) in [6, 6.07) is 5.82. The molecule has 0 amide bonds. The maximum Gasteiger partial charge on any atom is 0.159 e. The lowest BCUT2D eigenvalue weighted by Gasteiger charge is -2.39. The van der Waals surface area contributed by atoms with Crippen molar-refractivity contribution in [2.75, 3.05) is 22.5 Å². The summed E-state index contributed by atoms with van der Waals surface area (Å²) in [4.78, 5) is 11.3. The zero-order chi connectivity index (χ0) is 19.4. The van der Waals surface area contributed by atoms with Gasteiger partial charge in [-0.3, -0.25) is 0 Å². The minimum absolute atomic E-state index is 0.307. The Morgan fingerprint density at radius 3 is 2.67 bits per heavy atom. The number of benzene rings is 1. The van der Waals surface area contributed by atoms with Crippen LogP contribution >= 0.6 is 23.2 Å². The molecule has 4 rings (SSSR count). The second-order valence-corrected chi connectivity index (χ2v) is 9.87. The highest BCUT2D eigenvalue weighted by molar-refractivity contribution is 6.42. The molecule has 2 heterocycles. The second-order valence-electron chi connectivity index (χ2n) is 9.06. The Kier molecular flexibility index (Phi) is 4.43. The van der Waals surface area contributed by atoms with Crippen molar-refractivity contribution in [1.29, 1.82) is 0 Å². The molecule has 1 aliphatic carbocycles. The quantitative estimate of drug-likeness (QED) is 0.703. The Hall–Kier alpha value is -1.72. The molecule has 5 nitrogen and oxygen atoms in total. The van der Waals surface area contributed by atoms with Crippen molar-refractivity contribution in [3.8, 4) is 0 Å². The first kappa shape index (κ1) is 18.6. The average Bonchev–Trinajstić information content (AvgIpc) is 2.82. The number of nitrogen functional groups attached to an aromatic ring is 1. The molecule has 7 heteroatoms. The molecule has 1 saturated carbocycles. The van der Waals surface area contributed by atoms with Crippen LogP contribution < -0.4 is 16.0 Å². The standard InChI is InChI=1S/C20H25Cl2N5/c1-19(2)7-13-8-20(3,9-19)10-27(13)18-16(23)17(24-11-25-18)26-12-4-5-14(21)15(22)6-12/h4-6,11,13H,7-10,23H2,1-3H3,(H,24,25,26). The zero-order valence-electron chi connectivity index (χ0n) is 15.9. The maximum atomic E-state index is 6.48. The molecule has 2 bridgehead atoms. The van der Waals surface area contributed by atoms with E-state index in [4.69, 9.17) is 28.9 Å². The van der Waals surface area contributed by atoms with Crippen molar-refractivity contribution in [3.05, 3.63) is 34.6 Å². The van der Waals surface area contributed by atoms with E-state index in [9.17, 15) is 0 Å². The van der Waals surface area contributed by atoms with Gasteiger partial charge in [-0.05, 0) is 48.3 Å². The van der Waals surface area contributed by atoms with Gasteiger partial charge in [-0.2, -0.15) is 0 Å². The van der Waals surface area contributed by atoms with Gasteiger partial charge in [0.25, 0.3) is 0 Å². The molecular weight excluding hydrogens is 381 g/mol. The van der Waals surface area contributed by atoms with Gasteiger partial charge in [0, 0.05) is 18.3 Å². The van der Waals surface area contributed by atoms with Gasteiger partial charge in [0.15, 0.2) is 11.6 Å². The van der Waals surface area contributed by atoms with Crippen molar-refractivity contribution < 1.29 is 0 Å². The monoisotopic (exact) mass is 405 g/mol. The van der Waals surface area contributed by atoms with E-state index in [1.807, 2.05) is 6.07 Å². The minimum atomic E-state index is 0.307. The lowest BCUT2D eigenvalue weighted by molar-refractivity contribution is 0.136. The number of hydrogen-bond donors (Lipinski definition) is 2. The molecule has 2 fully saturated rings. The fourth-order valence-corrected chi connectivity index (χ4v) is 5.43. The third kappa shape index (κ3) is 3.55. The van der Waals surface area contributed by atoms with Crippen molar-refractivity contribution in [3.63, 3.8) is 0 Å². The van der Waals surface area contributed by atoms with Crippen LogP contribution in [0.4, 0.5) is 23.0 Å². The molecule has 27 heavy (non-hydrogen) atoms. The largest absolute Gasteiger partial charge is 0.393 e. The van der Waals surface area contributed by atoms with Crippen LogP contribution in [-0.2, 0) is 0 Å². The van der Waals surface area contributed by atoms with Crippen molar-refractivity contribution in [1.82, 2.24) is 9.97 Å². The number of nitrogens with zero attached hydrogens (tertiary/aromatic N) is 3. The van der Waals surface area contributed by atoms with Gasteiger partial charge in [0.1, 0.15) is 12.0 Å². The van der Waals surface area contributed by atoms with Gasteiger partial charge in [-0.25, -0.2) is 9.97 Å². The highest BCUT2D eigenvalue weighted by Gasteiger charge is 2.50. The molecule has 144 valence electrons. The van der Waals surface area contributed by atoms with E-state index >= 15 is 0 Å². The molecule has 0 spiro atoms. The molecule has 2 aromatic rings. The molecule has 2 unspecified atom stereocenters. The molecule has 1 aromatic heterocycles. The van der Waals surface area contributed by atoms with Gasteiger partial charge in [0.05, 0.1) is 10.0 Å². The Balaban J connectivity index is 1.64. The number of nitrogens with two attached hydrogens (primary N) is 1. The number of fused-ring (bicyclic) bond motifs is 2. The normalized spacial score (nSPS) is 26.3. The Labute approximate surface area is 170 Å². The first-order valence-corrected chi connectivity index (χ1v) is 10.0. The predicted octanol–water partition coefficient (Wildman–Crippen LogP) is 5.51. The third-order valence-electron chi connectivity index (χ3n) is 5.73. The highest BCUT2D eigenvalue weighted by atomic mass is 35.5. The van der Waals surface area contributed by atoms with Gasteiger partial charge in [-0.15, -0.1) is 0 Å². The second kappa shape index (κ2) is 6.42. The van der Waals surface area contributed by atoms with Gasteiger partial charge in [-0.1, -0.05) is 44.0 Å². The summed E-state index contributed by atoms with van der Waals surface area (Å²) < 4.78 is 0. The smallest absolute Gasteiger partial charge is 0.159 e. The van der Waals surface area contributed by atoms with Gasteiger partial charge < -0.3 is 16.0 Å². The molecule has 2 atom stereocenters. The van der Waals surface area contributed by atoms with E-state index in [1.54, 1.807) is 18.5 Å². The molecule has 1 aromatic carbocycles. The lowest BCUT2D eigenvalue weighted by Crippen LogP contribution is -2.35. The number of halogens is 2. The summed E-state index contributed by atoms with van der Waals surface area (Å²) in [6.07, 6.45) is 5.14. The molecule has 1 saturated heterocycles. The molecule has 0 radical (unpaired) electrons. The van der Waals surface area contributed by atoms with Crippen LogP contribution in [0.25, 0.3) is 0 Å². The van der Waals surface area contributed by atoms with Crippen molar-refractivity contribution in [2.45, 2.75) is 46.1 Å². The van der Waals surface area contributed by atoms with Crippen LogP contribution in [0, 0.1) is 10.8 Å². The third-order valence-corrected chi connectivity index (χ3v) is 6.47. The summed E-state index contributed by atoms with van der Waals surface area (Å²) in [6.45, 7) is 8.09. The molecular formula is C20H25Cl2N5. The topological polar surface area (TPSA) is 67.1 Å². The molecule has 3 N–H and O–H groups in total. The fourth-order valence-electron chi connectivity index (χ4n) is 5.13. The molecule has 1 aliphatic heterocycles. The Morgan fingerprint density at radius 2 is 1.93 bits per heavy atom. The predicted molar refractivity (Wildman–Crippen MR) is 113 cm³/mol. The van der Waals surface area contributed by atoms with Crippen LogP contribution in [0.5, 0.6) is 0 Å². The number of aromatic nitrogens is 2. The van der Waals surface area contributed by atoms with Gasteiger partial charge in [0.2, 0.25) is 0 Å². The minimum Gasteiger partial charge on any atom is -0.393 e. The summed E-state index contributed by atoms with van der Waals surface area (Å²) in [5.74, 6) is 1.41. The van der Waals surface area contributed by atoms with Gasteiger partial charge >= 0.3 is 0 Å². The van der Waals surface area contributed by atoms with E-state index in [2.05, 4.69) is 41.0 Å².